The van der Waals surface area contributed by atoms with Gasteiger partial charge in [-0.05, 0) is 19.1 Å². The molecular formula is C16H16N2O5S. The molecule has 126 valence electrons. The van der Waals surface area contributed by atoms with Crippen molar-refractivity contribution in [2.75, 3.05) is 7.05 Å². The minimum absolute atomic E-state index is 0.0312. The zero-order valence-corrected chi connectivity index (χ0v) is 14.0. The van der Waals surface area contributed by atoms with Crippen molar-refractivity contribution in [2.24, 2.45) is 0 Å². The molecule has 0 heterocycles. The lowest BCUT2D eigenvalue weighted by Gasteiger charge is -2.17. The molecule has 2 aromatic rings. The third kappa shape index (κ3) is 3.66. The largest absolute Gasteiger partial charge is 0.295 e. The number of benzene rings is 2. The molecule has 0 spiro atoms. The molecule has 0 aliphatic heterocycles. The van der Waals surface area contributed by atoms with Crippen LogP contribution < -0.4 is 0 Å². The summed E-state index contributed by atoms with van der Waals surface area (Å²) >= 11 is 0. The first-order valence-corrected chi connectivity index (χ1v) is 8.47. The molecular weight excluding hydrogens is 332 g/mol. The summed E-state index contributed by atoms with van der Waals surface area (Å²) in [5, 5.41) is 11.0. The van der Waals surface area contributed by atoms with Crippen LogP contribution in [0.4, 0.5) is 5.69 Å². The van der Waals surface area contributed by atoms with Gasteiger partial charge in [-0.2, -0.15) is 4.31 Å². The zero-order valence-electron chi connectivity index (χ0n) is 13.2. The number of carbonyl (C=O) groups is 1. The van der Waals surface area contributed by atoms with E-state index in [1.807, 2.05) is 0 Å². The Labute approximate surface area is 139 Å². The SMILES string of the molecule is CC(=O)c1cccc(S(=O)(=O)N(C)Cc2ccccc2[N+](=O)[O-])c1. The van der Waals surface area contributed by atoms with Crippen molar-refractivity contribution in [1.82, 2.24) is 4.31 Å². The second kappa shape index (κ2) is 6.90. The molecule has 0 aliphatic rings. The summed E-state index contributed by atoms with van der Waals surface area (Å²) in [5.74, 6) is -0.242. The Morgan fingerprint density at radius 1 is 1.17 bits per heavy atom. The van der Waals surface area contributed by atoms with E-state index in [1.165, 1.54) is 56.4 Å². The highest BCUT2D eigenvalue weighted by Crippen LogP contribution is 2.23. The van der Waals surface area contributed by atoms with Crippen LogP contribution in [0.3, 0.4) is 0 Å². The molecule has 24 heavy (non-hydrogen) atoms. The van der Waals surface area contributed by atoms with Gasteiger partial charge in [0.05, 0.1) is 9.82 Å². The van der Waals surface area contributed by atoms with E-state index in [0.717, 1.165) is 4.31 Å². The third-order valence-electron chi connectivity index (χ3n) is 3.53. The first kappa shape index (κ1) is 17.8. The van der Waals surface area contributed by atoms with Crippen LogP contribution in [0.25, 0.3) is 0 Å². The van der Waals surface area contributed by atoms with Crippen molar-refractivity contribution in [2.45, 2.75) is 18.4 Å². The van der Waals surface area contributed by atoms with Crippen LogP contribution >= 0.6 is 0 Å². The quantitative estimate of drug-likeness (QED) is 0.454. The summed E-state index contributed by atoms with van der Waals surface area (Å²) in [6, 6.07) is 11.7. The number of hydrogen-bond acceptors (Lipinski definition) is 5. The fourth-order valence-corrected chi connectivity index (χ4v) is 3.40. The van der Waals surface area contributed by atoms with Crippen LogP contribution in [0.15, 0.2) is 53.4 Å². The summed E-state index contributed by atoms with van der Waals surface area (Å²) in [4.78, 5) is 21.9. The van der Waals surface area contributed by atoms with Crippen LogP contribution in [0.5, 0.6) is 0 Å². The zero-order chi connectivity index (χ0) is 17.9. The lowest BCUT2D eigenvalue weighted by atomic mass is 10.2. The van der Waals surface area contributed by atoms with Crippen molar-refractivity contribution in [1.29, 1.82) is 0 Å². The Hall–Kier alpha value is -2.58. The molecule has 0 fully saturated rings. The average Bonchev–Trinajstić information content (AvgIpc) is 2.55. The van der Waals surface area contributed by atoms with E-state index in [2.05, 4.69) is 0 Å². The van der Waals surface area contributed by atoms with Crippen LogP contribution in [0.1, 0.15) is 22.8 Å². The monoisotopic (exact) mass is 348 g/mol. The second-order valence-electron chi connectivity index (χ2n) is 5.23. The lowest BCUT2D eigenvalue weighted by molar-refractivity contribution is -0.385. The fraction of sp³-hybridized carbons (Fsp3) is 0.188. The van der Waals surface area contributed by atoms with Gasteiger partial charge in [0.2, 0.25) is 10.0 Å². The Balaban J connectivity index is 2.35. The molecule has 2 rings (SSSR count). The lowest BCUT2D eigenvalue weighted by Crippen LogP contribution is -2.27. The molecule has 0 saturated heterocycles. The highest BCUT2D eigenvalue weighted by molar-refractivity contribution is 7.89. The summed E-state index contributed by atoms with van der Waals surface area (Å²) in [7, 11) is -2.54. The number of hydrogen-bond donors (Lipinski definition) is 0. The Kier molecular flexibility index (Phi) is 5.10. The third-order valence-corrected chi connectivity index (χ3v) is 5.33. The highest BCUT2D eigenvalue weighted by atomic mass is 32.2. The average molecular weight is 348 g/mol. The van der Waals surface area contributed by atoms with Crippen molar-refractivity contribution >= 4 is 21.5 Å². The molecule has 2 aromatic carbocycles. The predicted molar refractivity (Wildman–Crippen MR) is 88.2 cm³/mol. The number of sulfonamides is 1. The van der Waals surface area contributed by atoms with Gasteiger partial charge in [0.1, 0.15) is 0 Å². The van der Waals surface area contributed by atoms with Gasteiger partial charge < -0.3 is 0 Å². The number of ketones is 1. The van der Waals surface area contributed by atoms with E-state index >= 15 is 0 Å². The number of para-hydroxylation sites is 1. The van der Waals surface area contributed by atoms with Crippen molar-refractivity contribution < 1.29 is 18.1 Å². The van der Waals surface area contributed by atoms with E-state index < -0.39 is 14.9 Å². The number of carbonyl (C=O) groups excluding carboxylic acids is 1. The number of nitrogens with zero attached hydrogens (tertiary/aromatic N) is 2. The van der Waals surface area contributed by atoms with Gasteiger partial charge in [0.15, 0.2) is 5.78 Å². The molecule has 0 aromatic heterocycles. The molecule has 0 saturated carbocycles. The van der Waals surface area contributed by atoms with Gasteiger partial charge in [0, 0.05) is 30.8 Å². The molecule has 0 unspecified atom stereocenters. The van der Waals surface area contributed by atoms with E-state index in [-0.39, 0.29) is 34.0 Å². The maximum atomic E-state index is 12.6. The van der Waals surface area contributed by atoms with E-state index in [4.69, 9.17) is 0 Å². The minimum atomic E-state index is -3.88. The van der Waals surface area contributed by atoms with Crippen molar-refractivity contribution in [3.05, 3.63) is 69.8 Å². The Morgan fingerprint density at radius 3 is 2.46 bits per heavy atom. The van der Waals surface area contributed by atoms with Gasteiger partial charge in [-0.1, -0.05) is 30.3 Å². The summed E-state index contributed by atoms with van der Waals surface area (Å²) in [5.41, 5.74) is 0.434. The maximum Gasteiger partial charge on any atom is 0.273 e. The van der Waals surface area contributed by atoms with Gasteiger partial charge in [-0.15, -0.1) is 0 Å². The van der Waals surface area contributed by atoms with Crippen molar-refractivity contribution in [3.8, 4) is 0 Å². The van der Waals surface area contributed by atoms with Gasteiger partial charge in [-0.25, -0.2) is 8.42 Å². The molecule has 0 amide bonds. The van der Waals surface area contributed by atoms with Gasteiger partial charge in [-0.3, -0.25) is 14.9 Å². The molecule has 0 atom stereocenters. The summed E-state index contributed by atoms with van der Waals surface area (Å²) < 4.78 is 26.3. The fourth-order valence-electron chi connectivity index (χ4n) is 2.20. The van der Waals surface area contributed by atoms with Crippen LogP contribution in [-0.2, 0) is 16.6 Å². The topological polar surface area (TPSA) is 97.6 Å². The smallest absolute Gasteiger partial charge is 0.273 e. The van der Waals surface area contributed by atoms with Crippen LogP contribution in [-0.4, -0.2) is 30.5 Å². The first-order valence-electron chi connectivity index (χ1n) is 7.03. The van der Waals surface area contributed by atoms with Crippen LogP contribution in [0, 0.1) is 10.1 Å². The second-order valence-corrected chi connectivity index (χ2v) is 7.28. The summed E-state index contributed by atoms with van der Waals surface area (Å²) in [6.45, 7) is 1.20. The van der Waals surface area contributed by atoms with E-state index in [9.17, 15) is 23.3 Å². The molecule has 0 N–H and O–H groups in total. The van der Waals surface area contributed by atoms with E-state index in [0.29, 0.717) is 0 Å². The normalized spacial score (nSPS) is 11.5. The molecule has 0 bridgehead atoms. The number of Topliss-reactive ketones (excluding diaryl/α,β-unsaturated/α-hetero) is 1. The Bertz CT molecular complexity index is 893. The standard InChI is InChI=1S/C16H16N2O5S/c1-12(19)13-7-5-8-15(10-13)24(22,23)17(2)11-14-6-3-4-9-16(14)18(20)21/h3-10H,11H2,1-2H3. The number of nitro benzene ring substituents is 1. The van der Waals surface area contributed by atoms with E-state index in [1.54, 1.807) is 6.07 Å². The highest BCUT2D eigenvalue weighted by Gasteiger charge is 2.24. The maximum absolute atomic E-state index is 12.6. The predicted octanol–water partition coefficient (Wildman–Crippen LogP) is 2.62. The molecule has 0 radical (unpaired) electrons. The Morgan fingerprint density at radius 2 is 1.83 bits per heavy atom. The first-order chi connectivity index (χ1) is 11.2. The molecule has 8 heteroatoms. The minimum Gasteiger partial charge on any atom is -0.295 e. The molecule has 7 nitrogen and oxygen atoms in total. The van der Waals surface area contributed by atoms with Crippen molar-refractivity contribution in [3.63, 3.8) is 0 Å². The van der Waals surface area contributed by atoms with Gasteiger partial charge in [0.25, 0.3) is 5.69 Å². The van der Waals surface area contributed by atoms with Gasteiger partial charge >= 0.3 is 0 Å². The van der Waals surface area contributed by atoms with Crippen LogP contribution in [0.2, 0.25) is 0 Å². The molecule has 0 aliphatic carbocycles. The number of rotatable bonds is 6. The number of nitro groups is 1. The summed E-state index contributed by atoms with van der Waals surface area (Å²) in [6.07, 6.45) is 0.